The molecular formula is C10H9NO2. The molecule has 1 aromatic carbocycles. The number of hydrogen-bond donors (Lipinski definition) is 2. The first-order valence-corrected chi connectivity index (χ1v) is 3.97. The van der Waals surface area contributed by atoms with Gasteiger partial charge in [-0.2, -0.15) is 4.98 Å². The highest BCUT2D eigenvalue weighted by molar-refractivity contribution is 5.90. The van der Waals surface area contributed by atoms with Gasteiger partial charge in [-0.1, -0.05) is 18.2 Å². The first kappa shape index (κ1) is 7.86. The molecule has 0 atom stereocenters. The van der Waals surface area contributed by atoms with E-state index >= 15 is 0 Å². The number of pyridine rings is 1. The van der Waals surface area contributed by atoms with E-state index in [2.05, 4.69) is 4.98 Å². The summed E-state index contributed by atoms with van der Waals surface area (Å²) in [5.74, 6) is -0.241. The zero-order valence-electron chi connectivity index (χ0n) is 7.15. The van der Waals surface area contributed by atoms with Crippen LogP contribution in [0.5, 0.6) is 11.8 Å². The fourth-order valence-corrected chi connectivity index (χ4v) is 1.37. The van der Waals surface area contributed by atoms with E-state index in [1.54, 1.807) is 13.0 Å². The van der Waals surface area contributed by atoms with Crippen LogP contribution in [-0.2, 0) is 0 Å². The zero-order chi connectivity index (χ0) is 9.42. The number of hydrogen-bond acceptors (Lipinski definition) is 3. The SMILES string of the molecule is Cc1c(O)nc(O)c2ccccc12. The molecular weight excluding hydrogens is 166 g/mol. The predicted molar refractivity (Wildman–Crippen MR) is 49.8 cm³/mol. The van der Waals surface area contributed by atoms with Crippen molar-refractivity contribution >= 4 is 10.8 Å². The summed E-state index contributed by atoms with van der Waals surface area (Å²) in [6, 6.07) is 7.28. The molecule has 2 rings (SSSR count). The molecule has 0 unspecified atom stereocenters. The fraction of sp³-hybridized carbons (Fsp3) is 0.100. The monoisotopic (exact) mass is 175 g/mol. The van der Waals surface area contributed by atoms with Crippen LogP contribution in [-0.4, -0.2) is 15.2 Å². The summed E-state index contributed by atoms with van der Waals surface area (Å²) in [6.07, 6.45) is 0. The second-order valence-electron chi connectivity index (χ2n) is 2.93. The van der Waals surface area contributed by atoms with Gasteiger partial charge >= 0.3 is 0 Å². The molecule has 0 fully saturated rings. The molecule has 1 aromatic heterocycles. The predicted octanol–water partition coefficient (Wildman–Crippen LogP) is 1.95. The van der Waals surface area contributed by atoms with E-state index in [1.165, 1.54) is 0 Å². The van der Waals surface area contributed by atoms with Crippen LogP contribution in [0.1, 0.15) is 5.56 Å². The quantitative estimate of drug-likeness (QED) is 0.643. The second-order valence-corrected chi connectivity index (χ2v) is 2.93. The van der Waals surface area contributed by atoms with E-state index < -0.39 is 0 Å². The van der Waals surface area contributed by atoms with Crippen LogP contribution in [0.25, 0.3) is 10.8 Å². The number of rotatable bonds is 0. The van der Waals surface area contributed by atoms with Crippen LogP contribution < -0.4 is 0 Å². The Morgan fingerprint density at radius 2 is 1.62 bits per heavy atom. The van der Waals surface area contributed by atoms with Crippen LogP contribution >= 0.6 is 0 Å². The topological polar surface area (TPSA) is 53.4 Å². The van der Waals surface area contributed by atoms with Crippen molar-refractivity contribution in [1.82, 2.24) is 4.98 Å². The number of aromatic hydroxyl groups is 2. The van der Waals surface area contributed by atoms with E-state index in [4.69, 9.17) is 0 Å². The van der Waals surface area contributed by atoms with Crippen LogP contribution in [0.15, 0.2) is 24.3 Å². The summed E-state index contributed by atoms with van der Waals surface area (Å²) in [6.45, 7) is 1.77. The molecule has 66 valence electrons. The van der Waals surface area contributed by atoms with E-state index in [1.807, 2.05) is 18.2 Å². The van der Waals surface area contributed by atoms with E-state index in [0.29, 0.717) is 10.9 Å². The van der Waals surface area contributed by atoms with Crippen molar-refractivity contribution in [3.05, 3.63) is 29.8 Å². The van der Waals surface area contributed by atoms with Crippen molar-refractivity contribution in [3.8, 4) is 11.8 Å². The third-order valence-corrected chi connectivity index (χ3v) is 2.12. The van der Waals surface area contributed by atoms with Gasteiger partial charge in [0.05, 0.1) is 0 Å². The Balaban J connectivity index is 2.97. The molecule has 0 aliphatic heterocycles. The Morgan fingerprint density at radius 1 is 1.00 bits per heavy atom. The average molecular weight is 175 g/mol. The molecule has 0 radical (unpaired) electrons. The Morgan fingerprint density at radius 3 is 2.31 bits per heavy atom. The fourth-order valence-electron chi connectivity index (χ4n) is 1.37. The van der Waals surface area contributed by atoms with Gasteiger partial charge in [-0.15, -0.1) is 0 Å². The second kappa shape index (κ2) is 2.62. The summed E-state index contributed by atoms with van der Waals surface area (Å²) in [5, 5.41) is 20.2. The van der Waals surface area contributed by atoms with Gasteiger partial charge in [-0.3, -0.25) is 0 Å². The Hall–Kier alpha value is -1.77. The smallest absolute Gasteiger partial charge is 0.222 e. The van der Waals surface area contributed by atoms with Gasteiger partial charge in [-0.25, -0.2) is 0 Å². The van der Waals surface area contributed by atoms with E-state index in [0.717, 1.165) is 5.39 Å². The molecule has 0 saturated carbocycles. The normalized spacial score (nSPS) is 10.5. The van der Waals surface area contributed by atoms with Gasteiger partial charge in [-0.05, 0) is 18.4 Å². The average Bonchev–Trinajstić information content (AvgIpc) is 2.15. The molecule has 0 saturated heterocycles. The molecule has 0 aliphatic rings. The summed E-state index contributed by atoms with van der Waals surface area (Å²) >= 11 is 0. The maximum Gasteiger partial charge on any atom is 0.222 e. The van der Waals surface area contributed by atoms with Crippen molar-refractivity contribution in [2.45, 2.75) is 6.92 Å². The van der Waals surface area contributed by atoms with Crippen LogP contribution in [0.2, 0.25) is 0 Å². The third kappa shape index (κ3) is 1.09. The molecule has 0 amide bonds. The van der Waals surface area contributed by atoms with Gasteiger partial charge in [0.1, 0.15) is 0 Å². The van der Waals surface area contributed by atoms with E-state index in [-0.39, 0.29) is 11.8 Å². The highest BCUT2D eigenvalue weighted by Gasteiger charge is 2.07. The Bertz CT molecular complexity index is 466. The highest BCUT2D eigenvalue weighted by Crippen LogP contribution is 2.29. The molecule has 0 bridgehead atoms. The maximum atomic E-state index is 9.41. The molecule has 2 N–H and O–H groups in total. The van der Waals surface area contributed by atoms with Crippen molar-refractivity contribution in [1.29, 1.82) is 0 Å². The molecule has 1 heterocycles. The first-order chi connectivity index (χ1) is 6.20. The third-order valence-electron chi connectivity index (χ3n) is 2.12. The standard InChI is InChI=1S/C10H9NO2/c1-6-7-4-2-3-5-8(7)10(13)11-9(6)12/h2-5H,1H3,(H2,11,12,13). The lowest BCUT2D eigenvalue weighted by atomic mass is 10.1. The summed E-state index contributed by atoms with van der Waals surface area (Å²) in [7, 11) is 0. The van der Waals surface area contributed by atoms with Crippen LogP contribution in [0, 0.1) is 6.92 Å². The summed E-state index contributed by atoms with van der Waals surface area (Å²) in [4.78, 5) is 3.61. The Kier molecular flexibility index (Phi) is 1.59. The highest BCUT2D eigenvalue weighted by atomic mass is 16.3. The molecule has 3 nitrogen and oxygen atoms in total. The molecule has 2 aromatic rings. The van der Waals surface area contributed by atoms with Crippen molar-refractivity contribution in [3.63, 3.8) is 0 Å². The minimum Gasteiger partial charge on any atom is -0.493 e. The van der Waals surface area contributed by atoms with Crippen LogP contribution in [0.4, 0.5) is 0 Å². The van der Waals surface area contributed by atoms with Crippen molar-refractivity contribution in [2.75, 3.05) is 0 Å². The van der Waals surface area contributed by atoms with Crippen molar-refractivity contribution < 1.29 is 10.2 Å². The molecule has 0 spiro atoms. The lowest BCUT2D eigenvalue weighted by Gasteiger charge is -2.04. The maximum absolute atomic E-state index is 9.41. The van der Waals surface area contributed by atoms with Gasteiger partial charge < -0.3 is 10.2 Å². The number of nitrogens with zero attached hydrogens (tertiary/aromatic N) is 1. The van der Waals surface area contributed by atoms with Gasteiger partial charge in [0.15, 0.2) is 0 Å². The zero-order valence-corrected chi connectivity index (χ0v) is 7.15. The molecule has 0 aliphatic carbocycles. The number of aromatic nitrogens is 1. The van der Waals surface area contributed by atoms with Crippen LogP contribution in [0.3, 0.4) is 0 Å². The lowest BCUT2D eigenvalue weighted by molar-refractivity contribution is 0.415. The summed E-state index contributed by atoms with van der Waals surface area (Å²) in [5.41, 5.74) is 0.688. The Labute approximate surface area is 75.3 Å². The lowest BCUT2D eigenvalue weighted by Crippen LogP contribution is -1.84. The minimum absolute atomic E-state index is 0.115. The number of aryl methyl sites for hydroxylation is 1. The van der Waals surface area contributed by atoms with Crippen molar-refractivity contribution in [2.24, 2.45) is 0 Å². The minimum atomic E-state index is -0.126. The van der Waals surface area contributed by atoms with E-state index in [9.17, 15) is 10.2 Å². The largest absolute Gasteiger partial charge is 0.493 e. The van der Waals surface area contributed by atoms with Gasteiger partial charge in [0, 0.05) is 10.9 Å². The number of fused-ring (bicyclic) bond motifs is 1. The first-order valence-electron chi connectivity index (χ1n) is 3.97. The number of benzene rings is 1. The van der Waals surface area contributed by atoms with Gasteiger partial charge in [0.25, 0.3) is 0 Å². The molecule has 13 heavy (non-hydrogen) atoms. The summed E-state index contributed by atoms with van der Waals surface area (Å²) < 4.78 is 0. The van der Waals surface area contributed by atoms with Gasteiger partial charge in [0.2, 0.25) is 11.8 Å². The molecule has 3 heteroatoms.